The molecule has 1 aliphatic heterocycles. The van der Waals surface area contributed by atoms with Gasteiger partial charge in [0.1, 0.15) is 17.5 Å². The lowest BCUT2D eigenvalue weighted by atomic mass is 9.95. The molecule has 0 amide bonds. The zero-order valence-corrected chi connectivity index (χ0v) is 14.3. The summed E-state index contributed by atoms with van der Waals surface area (Å²) in [6.07, 6.45) is -7.33. The lowest BCUT2D eigenvalue weighted by molar-refractivity contribution is -0.141. The molecule has 7 nitrogen and oxygen atoms in total. The monoisotopic (exact) mass is 384 g/mol. The highest BCUT2D eigenvalue weighted by Crippen LogP contribution is 2.30. The van der Waals surface area contributed by atoms with E-state index in [2.05, 4.69) is 9.97 Å². The predicted octanol–water partition coefficient (Wildman–Crippen LogP) is 0.804. The Bertz CT molecular complexity index is 711. The molecule has 2 N–H and O–H groups in total. The fourth-order valence-electron chi connectivity index (χ4n) is 2.58. The van der Waals surface area contributed by atoms with Gasteiger partial charge < -0.3 is 14.9 Å². The van der Waals surface area contributed by atoms with Crippen LogP contribution in [0.5, 0.6) is 0 Å². The second-order valence-electron chi connectivity index (χ2n) is 6.31. The molecule has 25 heavy (non-hydrogen) atoms. The molecule has 1 fully saturated rings. The van der Waals surface area contributed by atoms with Crippen LogP contribution in [0, 0.1) is 5.92 Å². The summed E-state index contributed by atoms with van der Waals surface area (Å²) in [5, 5.41) is 17.7. The third kappa shape index (κ3) is 4.27. The Morgan fingerprint density at radius 1 is 1.28 bits per heavy atom. The number of hydrogen-bond donors (Lipinski definition) is 2. The highest BCUT2D eigenvalue weighted by molar-refractivity contribution is 7.92. The predicted molar refractivity (Wildman–Crippen MR) is 79.2 cm³/mol. The first-order valence-electron chi connectivity index (χ1n) is 7.55. The number of rotatable bonds is 4. The molecule has 11 heteroatoms. The molecule has 1 unspecified atom stereocenters. The Hall–Kier alpha value is -1.30. The van der Waals surface area contributed by atoms with E-state index in [9.17, 15) is 31.8 Å². The first-order valence-corrected chi connectivity index (χ1v) is 9.10. The fraction of sp³-hybridized carbons (Fsp3) is 0.714. The molecular formula is C14H19F3N2O5S. The van der Waals surface area contributed by atoms with E-state index >= 15 is 0 Å². The largest absolute Gasteiger partial charge is 0.434 e. The second-order valence-corrected chi connectivity index (χ2v) is 8.42. The van der Waals surface area contributed by atoms with Gasteiger partial charge in [0.25, 0.3) is 0 Å². The third-order valence-corrected chi connectivity index (χ3v) is 5.87. The minimum Gasteiger partial charge on any atom is -0.389 e. The molecule has 0 radical (unpaired) electrons. The van der Waals surface area contributed by atoms with E-state index in [-0.39, 0.29) is 5.92 Å². The van der Waals surface area contributed by atoms with Crippen molar-refractivity contribution in [3.8, 4) is 0 Å². The van der Waals surface area contributed by atoms with E-state index in [1.165, 1.54) is 0 Å². The maximum Gasteiger partial charge on any atom is 0.434 e. The number of aliphatic hydroxyl groups excluding tert-OH is 2. The van der Waals surface area contributed by atoms with Crippen LogP contribution >= 0.6 is 0 Å². The van der Waals surface area contributed by atoms with Gasteiger partial charge in [0.15, 0.2) is 10.7 Å². The Labute approximate surface area is 142 Å². The van der Waals surface area contributed by atoms with Gasteiger partial charge in [0, 0.05) is 0 Å². The summed E-state index contributed by atoms with van der Waals surface area (Å²) in [6.45, 7) is 3.27. The van der Waals surface area contributed by atoms with Crippen molar-refractivity contribution in [3.05, 3.63) is 18.1 Å². The third-order valence-electron chi connectivity index (χ3n) is 3.88. The Balaban J connectivity index is 2.29. The molecule has 1 aromatic heterocycles. The average molecular weight is 384 g/mol. The summed E-state index contributed by atoms with van der Waals surface area (Å²) in [4.78, 5) is 6.36. The first kappa shape index (κ1) is 20.0. The second kappa shape index (κ2) is 7.14. The van der Waals surface area contributed by atoms with Crippen LogP contribution in [0.15, 0.2) is 17.4 Å². The van der Waals surface area contributed by atoms with Crippen LogP contribution < -0.4 is 0 Å². The summed E-state index contributed by atoms with van der Waals surface area (Å²) in [5.41, 5.74) is -1.46. The van der Waals surface area contributed by atoms with Crippen LogP contribution in [-0.4, -0.2) is 58.8 Å². The number of nitrogens with zero attached hydrogens (tertiary/aromatic N) is 2. The standard InChI is InChI=1S/C14H19F3N2O5S/c1-7(2)3-8-12(20)13(21)9(6-24-8)25(22,23)11-5-18-4-10(19-11)14(15,16)17/h4-5,7-9,12-13,20-21H,3,6H2,1-2H3/t8-,9?,12+,13-/m1/s1. The summed E-state index contributed by atoms with van der Waals surface area (Å²) < 4.78 is 68.5. The van der Waals surface area contributed by atoms with Crippen molar-refractivity contribution in [1.29, 1.82) is 0 Å². The van der Waals surface area contributed by atoms with Crippen LogP contribution in [0.4, 0.5) is 13.2 Å². The van der Waals surface area contributed by atoms with Crippen molar-refractivity contribution in [2.24, 2.45) is 5.92 Å². The van der Waals surface area contributed by atoms with Crippen LogP contribution in [-0.2, 0) is 20.8 Å². The van der Waals surface area contributed by atoms with Crippen molar-refractivity contribution in [3.63, 3.8) is 0 Å². The van der Waals surface area contributed by atoms with Crippen molar-refractivity contribution >= 4 is 9.84 Å². The van der Waals surface area contributed by atoms with E-state index in [1.54, 1.807) is 0 Å². The maximum atomic E-state index is 12.7. The minimum atomic E-state index is -4.86. The molecule has 0 spiro atoms. The number of aliphatic hydroxyl groups is 2. The summed E-state index contributed by atoms with van der Waals surface area (Å²) >= 11 is 0. The van der Waals surface area contributed by atoms with Gasteiger partial charge in [-0.15, -0.1) is 0 Å². The maximum absolute atomic E-state index is 12.7. The van der Waals surface area contributed by atoms with Gasteiger partial charge in [-0.05, 0) is 12.3 Å². The number of aromatic nitrogens is 2. The van der Waals surface area contributed by atoms with Gasteiger partial charge in [0.05, 0.1) is 25.1 Å². The molecule has 1 aromatic rings. The van der Waals surface area contributed by atoms with Gasteiger partial charge in [-0.2, -0.15) is 13.2 Å². The number of halogens is 3. The first-order chi connectivity index (χ1) is 11.4. The smallest absolute Gasteiger partial charge is 0.389 e. The molecule has 1 saturated heterocycles. The molecule has 142 valence electrons. The lowest BCUT2D eigenvalue weighted by Gasteiger charge is -2.37. The number of hydrogen-bond acceptors (Lipinski definition) is 7. The molecule has 2 heterocycles. The van der Waals surface area contributed by atoms with E-state index < -0.39 is 56.9 Å². The Kier molecular flexibility index (Phi) is 5.71. The van der Waals surface area contributed by atoms with Crippen molar-refractivity contribution < 1.29 is 36.5 Å². The molecule has 4 atom stereocenters. The lowest BCUT2D eigenvalue weighted by Crippen LogP contribution is -2.55. The van der Waals surface area contributed by atoms with Crippen LogP contribution in [0.2, 0.25) is 0 Å². The van der Waals surface area contributed by atoms with Gasteiger partial charge in [-0.3, -0.25) is 4.98 Å². The zero-order chi connectivity index (χ0) is 19.0. The van der Waals surface area contributed by atoms with Crippen LogP contribution in [0.1, 0.15) is 26.0 Å². The molecule has 0 aliphatic carbocycles. The molecular weight excluding hydrogens is 365 g/mol. The fourth-order valence-corrected chi connectivity index (χ4v) is 4.11. The molecule has 0 saturated carbocycles. The van der Waals surface area contributed by atoms with Gasteiger partial charge >= 0.3 is 6.18 Å². The SMILES string of the molecule is CC(C)C[C@H]1OCC(S(=O)(=O)c2cncc(C(F)(F)F)n2)[C@@H](O)[C@H]1O. The van der Waals surface area contributed by atoms with Gasteiger partial charge in [0.2, 0.25) is 9.84 Å². The normalized spacial score (nSPS) is 28.3. The highest BCUT2D eigenvalue weighted by Gasteiger charge is 2.46. The van der Waals surface area contributed by atoms with Crippen LogP contribution in [0.25, 0.3) is 0 Å². The zero-order valence-electron chi connectivity index (χ0n) is 13.5. The van der Waals surface area contributed by atoms with E-state index in [0.29, 0.717) is 18.8 Å². The minimum absolute atomic E-state index is 0.134. The molecule has 1 aliphatic rings. The molecule has 0 bridgehead atoms. The van der Waals surface area contributed by atoms with Crippen molar-refractivity contribution in [1.82, 2.24) is 9.97 Å². The van der Waals surface area contributed by atoms with Gasteiger partial charge in [-0.25, -0.2) is 13.4 Å². The average Bonchev–Trinajstić information content (AvgIpc) is 2.50. The van der Waals surface area contributed by atoms with E-state index in [0.717, 1.165) is 0 Å². The Morgan fingerprint density at radius 3 is 2.48 bits per heavy atom. The summed E-state index contributed by atoms with van der Waals surface area (Å²) in [6, 6.07) is 0. The number of ether oxygens (including phenoxy) is 1. The summed E-state index contributed by atoms with van der Waals surface area (Å²) in [7, 11) is -4.49. The number of sulfone groups is 1. The van der Waals surface area contributed by atoms with E-state index in [1.807, 2.05) is 13.8 Å². The Morgan fingerprint density at radius 2 is 1.92 bits per heavy atom. The van der Waals surface area contributed by atoms with Crippen molar-refractivity contribution in [2.75, 3.05) is 6.61 Å². The number of alkyl halides is 3. The summed E-state index contributed by atoms with van der Waals surface area (Å²) in [5.74, 6) is 0.134. The highest BCUT2D eigenvalue weighted by atomic mass is 32.2. The topological polar surface area (TPSA) is 110 Å². The van der Waals surface area contributed by atoms with Gasteiger partial charge in [-0.1, -0.05) is 13.8 Å². The van der Waals surface area contributed by atoms with E-state index in [4.69, 9.17) is 4.74 Å². The molecule has 2 rings (SSSR count). The van der Waals surface area contributed by atoms with Crippen LogP contribution in [0.3, 0.4) is 0 Å². The van der Waals surface area contributed by atoms with Crippen molar-refractivity contribution in [2.45, 2.75) is 55.0 Å². The quantitative estimate of drug-likeness (QED) is 0.790. The molecule has 0 aromatic carbocycles.